The SMILES string of the molecule is O=C(NCC(C1=CCCC=C1)c1cccs1)c1sc2ccc(C(F)(F)F)cc2c1O. The zero-order valence-corrected chi connectivity index (χ0v) is 17.3. The van der Waals surface area contributed by atoms with Gasteiger partial charge in [0.05, 0.1) is 5.56 Å². The Balaban J connectivity index is 1.57. The number of nitrogens with one attached hydrogen (secondary N) is 1. The molecule has 156 valence electrons. The highest BCUT2D eigenvalue weighted by molar-refractivity contribution is 7.21. The fourth-order valence-corrected chi connectivity index (χ4v) is 5.30. The van der Waals surface area contributed by atoms with Crippen molar-refractivity contribution in [2.75, 3.05) is 6.54 Å². The zero-order chi connectivity index (χ0) is 21.3. The van der Waals surface area contributed by atoms with Gasteiger partial charge in [-0.25, -0.2) is 0 Å². The molecule has 0 spiro atoms. The molecule has 30 heavy (non-hydrogen) atoms. The zero-order valence-electron chi connectivity index (χ0n) is 15.7. The first-order valence-corrected chi connectivity index (χ1v) is 11.0. The topological polar surface area (TPSA) is 49.3 Å². The fraction of sp³-hybridized carbons (Fsp3) is 0.227. The lowest BCUT2D eigenvalue weighted by Crippen LogP contribution is -2.28. The summed E-state index contributed by atoms with van der Waals surface area (Å²) in [5.41, 5.74) is 0.267. The summed E-state index contributed by atoms with van der Waals surface area (Å²) >= 11 is 2.58. The van der Waals surface area contributed by atoms with Gasteiger partial charge in [-0.15, -0.1) is 22.7 Å². The lowest BCUT2D eigenvalue weighted by molar-refractivity contribution is -0.137. The Morgan fingerprint density at radius 1 is 1.23 bits per heavy atom. The average Bonchev–Trinajstić information content (AvgIpc) is 3.36. The summed E-state index contributed by atoms with van der Waals surface area (Å²) in [4.78, 5) is 13.9. The first kappa shape index (κ1) is 20.7. The van der Waals surface area contributed by atoms with E-state index in [1.54, 1.807) is 11.3 Å². The van der Waals surface area contributed by atoms with Gasteiger partial charge in [0.25, 0.3) is 5.91 Å². The van der Waals surface area contributed by atoms with Gasteiger partial charge in [0.15, 0.2) is 0 Å². The predicted molar refractivity (Wildman–Crippen MR) is 114 cm³/mol. The molecule has 1 unspecified atom stereocenters. The van der Waals surface area contributed by atoms with Gasteiger partial charge in [0.1, 0.15) is 10.6 Å². The second-order valence-electron chi connectivity index (χ2n) is 6.95. The number of hydrogen-bond donors (Lipinski definition) is 2. The fourth-order valence-electron chi connectivity index (χ4n) is 3.45. The molecule has 1 aromatic carbocycles. The summed E-state index contributed by atoms with van der Waals surface area (Å²) in [5.74, 6) is -0.925. The number of carbonyl (C=O) groups is 1. The molecule has 0 radical (unpaired) electrons. The van der Waals surface area contributed by atoms with Crippen LogP contribution in [0.25, 0.3) is 10.1 Å². The van der Waals surface area contributed by atoms with Crippen molar-refractivity contribution in [1.29, 1.82) is 0 Å². The molecule has 2 aromatic heterocycles. The number of thiophene rings is 2. The van der Waals surface area contributed by atoms with E-state index in [9.17, 15) is 23.1 Å². The molecule has 2 N–H and O–H groups in total. The molecule has 0 saturated heterocycles. The number of hydrogen-bond acceptors (Lipinski definition) is 4. The van der Waals surface area contributed by atoms with Crippen LogP contribution in [0.4, 0.5) is 13.2 Å². The number of allylic oxidation sites excluding steroid dienone is 3. The van der Waals surface area contributed by atoms with Crippen LogP contribution in [-0.2, 0) is 6.18 Å². The lowest BCUT2D eigenvalue weighted by Gasteiger charge is -2.19. The molecule has 0 aliphatic heterocycles. The van der Waals surface area contributed by atoms with Crippen molar-refractivity contribution in [3.05, 3.63) is 74.8 Å². The summed E-state index contributed by atoms with van der Waals surface area (Å²) in [5, 5.41) is 15.3. The summed E-state index contributed by atoms with van der Waals surface area (Å²) in [6, 6.07) is 7.09. The van der Waals surface area contributed by atoms with Crippen LogP contribution in [-0.4, -0.2) is 17.6 Å². The lowest BCUT2D eigenvalue weighted by atomic mass is 9.92. The summed E-state index contributed by atoms with van der Waals surface area (Å²) in [6.45, 7) is 0.330. The minimum Gasteiger partial charge on any atom is -0.506 e. The first-order chi connectivity index (χ1) is 14.3. The van der Waals surface area contributed by atoms with Crippen molar-refractivity contribution in [3.8, 4) is 5.75 Å². The van der Waals surface area contributed by atoms with Crippen LogP contribution in [0.1, 0.15) is 38.9 Å². The smallest absolute Gasteiger partial charge is 0.416 e. The van der Waals surface area contributed by atoms with Crippen LogP contribution in [0.15, 0.2) is 59.5 Å². The Morgan fingerprint density at radius 2 is 2.07 bits per heavy atom. The predicted octanol–water partition coefficient (Wildman–Crippen LogP) is 6.48. The van der Waals surface area contributed by atoms with E-state index < -0.39 is 23.4 Å². The van der Waals surface area contributed by atoms with E-state index in [0.717, 1.165) is 46.8 Å². The minimum atomic E-state index is -4.51. The number of fused-ring (bicyclic) bond motifs is 1. The maximum atomic E-state index is 13.0. The highest BCUT2D eigenvalue weighted by atomic mass is 32.1. The van der Waals surface area contributed by atoms with Gasteiger partial charge in [0.2, 0.25) is 0 Å². The molecular weight excluding hydrogens is 431 g/mol. The third-order valence-electron chi connectivity index (χ3n) is 4.97. The van der Waals surface area contributed by atoms with E-state index in [2.05, 4.69) is 23.5 Å². The van der Waals surface area contributed by atoms with Crippen molar-refractivity contribution in [2.45, 2.75) is 24.9 Å². The standard InChI is InChI=1S/C22H18F3NO2S2/c23-22(24,25)14-8-9-18-15(11-14)19(27)20(30-18)21(28)26-12-16(17-7-4-10-29-17)13-5-2-1-3-6-13/h2,4-11,16,27H,1,3,12H2,(H,26,28). The number of carbonyl (C=O) groups excluding carboxylic acids is 1. The number of benzene rings is 1. The van der Waals surface area contributed by atoms with E-state index in [-0.39, 0.29) is 16.2 Å². The molecule has 1 aliphatic carbocycles. The van der Waals surface area contributed by atoms with Gasteiger partial charge in [-0.05, 0) is 48.1 Å². The maximum absolute atomic E-state index is 13.0. The third-order valence-corrected chi connectivity index (χ3v) is 7.12. The van der Waals surface area contributed by atoms with E-state index in [4.69, 9.17) is 0 Å². The summed E-state index contributed by atoms with van der Waals surface area (Å²) < 4.78 is 39.3. The van der Waals surface area contributed by atoms with Crippen molar-refractivity contribution in [1.82, 2.24) is 5.32 Å². The van der Waals surface area contributed by atoms with Crippen molar-refractivity contribution in [3.63, 3.8) is 0 Å². The van der Waals surface area contributed by atoms with Crippen LogP contribution < -0.4 is 5.32 Å². The second kappa shape index (κ2) is 8.28. The molecule has 3 aromatic rings. The number of rotatable bonds is 5. The maximum Gasteiger partial charge on any atom is 0.416 e. The van der Waals surface area contributed by atoms with Gasteiger partial charge in [-0.2, -0.15) is 13.2 Å². The van der Waals surface area contributed by atoms with Crippen LogP contribution in [0.2, 0.25) is 0 Å². The Kier molecular flexibility index (Phi) is 5.71. The second-order valence-corrected chi connectivity index (χ2v) is 8.98. The van der Waals surface area contributed by atoms with E-state index >= 15 is 0 Å². The van der Waals surface area contributed by atoms with Gasteiger partial charge in [0, 0.05) is 27.4 Å². The molecule has 1 amide bonds. The van der Waals surface area contributed by atoms with Gasteiger partial charge in [-0.3, -0.25) is 4.79 Å². The highest BCUT2D eigenvalue weighted by Gasteiger charge is 2.31. The molecular formula is C22H18F3NO2S2. The monoisotopic (exact) mass is 449 g/mol. The van der Waals surface area contributed by atoms with Crippen molar-refractivity contribution >= 4 is 38.7 Å². The largest absolute Gasteiger partial charge is 0.506 e. The first-order valence-electron chi connectivity index (χ1n) is 9.35. The molecule has 8 heteroatoms. The van der Waals surface area contributed by atoms with Crippen LogP contribution in [0, 0.1) is 0 Å². The molecule has 2 heterocycles. The number of aromatic hydroxyl groups is 1. The van der Waals surface area contributed by atoms with Crippen LogP contribution in [0.3, 0.4) is 0 Å². The van der Waals surface area contributed by atoms with E-state index in [1.165, 1.54) is 6.07 Å². The Morgan fingerprint density at radius 3 is 2.73 bits per heavy atom. The molecule has 0 saturated carbocycles. The molecule has 4 rings (SSSR count). The average molecular weight is 450 g/mol. The Bertz CT molecular complexity index is 1130. The van der Waals surface area contributed by atoms with Crippen molar-refractivity contribution in [2.24, 2.45) is 0 Å². The number of amides is 1. The van der Waals surface area contributed by atoms with Crippen molar-refractivity contribution < 1.29 is 23.1 Å². The quantitative estimate of drug-likeness (QED) is 0.469. The number of halogens is 3. The minimum absolute atomic E-state index is 0.0150. The summed E-state index contributed by atoms with van der Waals surface area (Å²) in [6.07, 6.45) is 3.75. The number of alkyl halides is 3. The van der Waals surface area contributed by atoms with Gasteiger partial charge >= 0.3 is 6.18 Å². The van der Waals surface area contributed by atoms with Gasteiger partial charge < -0.3 is 10.4 Å². The molecule has 3 nitrogen and oxygen atoms in total. The molecule has 0 fully saturated rings. The normalized spacial score (nSPS) is 15.2. The highest BCUT2D eigenvalue weighted by Crippen LogP contribution is 2.40. The molecule has 1 aliphatic rings. The molecule has 0 bridgehead atoms. The Labute approximate surface area is 179 Å². The van der Waals surface area contributed by atoms with E-state index in [1.807, 2.05) is 17.5 Å². The Hall–Kier alpha value is -2.58. The van der Waals surface area contributed by atoms with Gasteiger partial charge in [-0.1, -0.05) is 24.3 Å². The molecule has 1 atom stereocenters. The summed E-state index contributed by atoms with van der Waals surface area (Å²) in [7, 11) is 0. The van der Waals surface area contributed by atoms with E-state index in [0.29, 0.717) is 11.2 Å². The van der Waals surface area contributed by atoms with Crippen LogP contribution in [0.5, 0.6) is 5.75 Å². The van der Waals surface area contributed by atoms with Crippen LogP contribution >= 0.6 is 22.7 Å². The third kappa shape index (κ3) is 4.15.